The van der Waals surface area contributed by atoms with Crippen molar-refractivity contribution in [1.29, 1.82) is 0 Å². The summed E-state index contributed by atoms with van der Waals surface area (Å²) in [6, 6.07) is -0.876. The molecule has 12 N–H and O–H groups in total. The molecule has 3 saturated heterocycles. The molecule has 3 rings (SSSR count). The van der Waals surface area contributed by atoms with Crippen molar-refractivity contribution in [3.8, 4) is 0 Å². The van der Waals surface area contributed by atoms with E-state index in [1.807, 2.05) is 0 Å². The lowest BCUT2D eigenvalue weighted by Crippen LogP contribution is -2.66. The van der Waals surface area contributed by atoms with Crippen molar-refractivity contribution in [3.05, 3.63) is 0 Å². The zero-order valence-electron chi connectivity index (χ0n) is 41.1. The van der Waals surface area contributed by atoms with Crippen LogP contribution in [-0.2, 0) is 33.2 Å². The molecule has 19 heteroatoms. The third-order valence-corrected chi connectivity index (χ3v) is 13.7. The lowest BCUT2D eigenvalue weighted by Gasteiger charge is -2.48. The summed E-state index contributed by atoms with van der Waals surface area (Å²) in [5.41, 5.74) is 0. The van der Waals surface area contributed by atoms with Crippen LogP contribution in [0.4, 0.5) is 0 Å². The Morgan fingerprint density at radius 3 is 1.28 bits per heavy atom. The molecule has 402 valence electrons. The van der Waals surface area contributed by atoms with Crippen LogP contribution in [0, 0.1) is 0 Å². The number of hydrogen-bond acceptors (Lipinski definition) is 18. The predicted octanol–water partition coefficient (Wildman–Crippen LogP) is 2.09. The van der Waals surface area contributed by atoms with E-state index in [1.54, 1.807) is 0 Å². The van der Waals surface area contributed by atoms with E-state index in [4.69, 9.17) is 28.4 Å². The summed E-state index contributed by atoms with van der Waals surface area (Å²) in [5.74, 6) is -0.250. The maximum absolute atomic E-state index is 13.1. The molecule has 1 amide bonds. The molecule has 19 nitrogen and oxygen atoms in total. The zero-order valence-corrected chi connectivity index (χ0v) is 41.1. The Hall–Kier alpha value is -1.21. The number of nitrogens with one attached hydrogen (secondary N) is 1. The fraction of sp³-hybridized carbons (Fsp3) is 0.980. The summed E-state index contributed by atoms with van der Waals surface area (Å²) in [5, 5.41) is 120. The molecule has 0 aromatic rings. The molecular weight excluding hydrogens is 891 g/mol. The molecule has 3 aliphatic rings. The second-order valence-electron chi connectivity index (χ2n) is 19.4. The Bertz CT molecular complexity index is 1270. The number of ether oxygens (including phenoxy) is 6. The van der Waals surface area contributed by atoms with Gasteiger partial charge < -0.3 is 89.9 Å². The minimum absolute atomic E-state index is 0.250. The van der Waals surface area contributed by atoms with Crippen molar-refractivity contribution in [3.63, 3.8) is 0 Å². The molecule has 0 aromatic heterocycles. The Labute approximate surface area is 404 Å². The molecule has 0 aliphatic carbocycles. The first-order valence-corrected chi connectivity index (χ1v) is 26.3. The van der Waals surface area contributed by atoms with Crippen LogP contribution in [0.3, 0.4) is 0 Å². The summed E-state index contributed by atoms with van der Waals surface area (Å²) in [6.45, 7) is 1.71. The highest BCUT2D eigenvalue weighted by Gasteiger charge is 2.53. The third-order valence-electron chi connectivity index (χ3n) is 13.7. The topological polar surface area (TPSA) is 307 Å². The van der Waals surface area contributed by atoms with Crippen molar-refractivity contribution in [2.24, 2.45) is 0 Å². The van der Waals surface area contributed by atoms with Crippen LogP contribution in [0.25, 0.3) is 0 Å². The maximum atomic E-state index is 13.1. The number of hydrogen-bond donors (Lipinski definition) is 12. The number of carbonyl (C=O) groups is 1. The monoisotopic (exact) mass is 984 g/mol. The lowest BCUT2D eigenvalue weighted by molar-refractivity contribution is -0.379. The van der Waals surface area contributed by atoms with Crippen molar-refractivity contribution in [1.82, 2.24) is 5.32 Å². The number of unbranched alkanes of at least 4 members (excludes halogenated alkanes) is 21. The van der Waals surface area contributed by atoms with Gasteiger partial charge in [0.1, 0.15) is 73.2 Å². The maximum Gasteiger partial charge on any atom is 0.220 e. The second kappa shape index (κ2) is 35.0. The van der Waals surface area contributed by atoms with Gasteiger partial charge >= 0.3 is 0 Å². The molecule has 0 radical (unpaired) electrons. The van der Waals surface area contributed by atoms with Crippen molar-refractivity contribution in [2.45, 2.75) is 279 Å². The molecule has 0 saturated carbocycles. The highest BCUT2D eigenvalue weighted by atomic mass is 16.8. The number of amides is 1. The highest BCUT2D eigenvalue weighted by Crippen LogP contribution is 2.33. The van der Waals surface area contributed by atoms with Gasteiger partial charge in [-0.1, -0.05) is 155 Å². The fourth-order valence-electron chi connectivity index (χ4n) is 9.25. The molecule has 0 aromatic carbocycles. The van der Waals surface area contributed by atoms with Crippen LogP contribution >= 0.6 is 0 Å². The average Bonchev–Trinajstić information content (AvgIpc) is 3.33. The van der Waals surface area contributed by atoms with Crippen LogP contribution in [0.15, 0.2) is 0 Å². The minimum atomic E-state index is -1.97. The lowest BCUT2D eigenvalue weighted by atomic mass is 9.96. The van der Waals surface area contributed by atoms with Crippen molar-refractivity contribution >= 4 is 5.91 Å². The third kappa shape index (κ3) is 20.7. The molecule has 3 heterocycles. The van der Waals surface area contributed by atoms with Gasteiger partial charge in [-0.15, -0.1) is 0 Å². The zero-order chi connectivity index (χ0) is 49.8. The van der Waals surface area contributed by atoms with Crippen LogP contribution < -0.4 is 5.32 Å². The highest BCUT2D eigenvalue weighted by molar-refractivity contribution is 5.76. The summed E-state index contributed by atoms with van der Waals surface area (Å²) < 4.78 is 34.1. The molecule has 0 bridgehead atoms. The summed E-state index contributed by atoms with van der Waals surface area (Å²) in [4.78, 5) is 13.1. The average molecular weight is 984 g/mol. The van der Waals surface area contributed by atoms with Crippen molar-refractivity contribution in [2.75, 3.05) is 26.4 Å². The van der Waals surface area contributed by atoms with Gasteiger partial charge in [0, 0.05) is 6.42 Å². The van der Waals surface area contributed by atoms with E-state index in [2.05, 4.69) is 19.2 Å². The SMILES string of the molecule is CCCCCCCCCCCCCCCCCCC(O)C(COC1OC(CO)C(OC2OC(CO)C(OC3OC(CO)C(O)C(O)C3O)C(O)C2O)C(O)C1O)NC(=O)CCCCCCCCC. The van der Waals surface area contributed by atoms with Gasteiger partial charge in [0.15, 0.2) is 18.9 Å². The van der Waals surface area contributed by atoms with E-state index < -0.39 is 124 Å². The van der Waals surface area contributed by atoms with E-state index in [-0.39, 0.29) is 18.9 Å². The number of rotatable bonds is 37. The quantitative estimate of drug-likeness (QED) is 0.0397. The van der Waals surface area contributed by atoms with Crippen LogP contribution in [0.2, 0.25) is 0 Å². The van der Waals surface area contributed by atoms with E-state index >= 15 is 0 Å². The van der Waals surface area contributed by atoms with E-state index in [9.17, 15) is 61.0 Å². The Morgan fingerprint density at radius 2 is 0.838 bits per heavy atom. The normalized spacial score (nSPS) is 33.1. The summed E-state index contributed by atoms with van der Waals surface area (Å²) in [7, 11) is 0. The number of carbonyl (C=O) groups excluding carboxylic acids is 1. The molecule has 68 heavy (non-hydrogen) atoms. The van der Waals surface area contributed by atoms with Gasteiger partial charge in [0.05, 0.1) is 38.6 Å². The number of aliphatic hydroxyl groups excluding tert-OH is 11. The van der Waals surface area contributed by atoms with Gasteiger partial charge in [0.2, 0.25) is 5.91 Å². The van der Waals surface area contributed by atoms with E-state index in [1.165, 1.54) is 83.5 Å². The summed E-state index contributed by atoms with van der Waals surface area (Å²) >= 11 is 0. The van der Waals surface area contributed by atoms with Crippen molar-refractivity contribution < 1.29 is 89.4 Å². The van der Waals surface area contributed by atoms with Gasteiger partial charge in [-0.3, -0.25) is 4.79 Å². The minimum Gasteiger partial charge on any atom is -0.394 e. The Kier molecular flexibility index (Phi) is 31.5. The Morgan fingerprint density at radius 1 is 0.471 bits per heavy atom. The van der Waals surface area contributed by atoms with E-state index in [0.717, 1.165) is 57.8 Å². The first-order chi connectivity index (χ1) is 32.8. The standard InChI is InChI=1S/C49H93NO18/c1-3-5-7-9-11-12-13-14-15-16-17-18-19-21-22-24-26-33(54)32(50-37(55)27-25-23-20-10-8-6-4-2)31-63-47-43(61)40(58)45(35(29-52)65-47)68-49-44(62)41(59)46(36(30-53)66-49)67-48-42(60)39(57)38(56)34(28-51)64-48/h32-36,38-49,51-54,56-62H,3-31H2,1-2H3,(H,50,55). The molecule has 3 aliphatic heterocycles. The molecular formula is C49H93NO18. The second-order valence-corrected chi connectivity index (χ2v) is 19.4. The first-order valence-electron chi connectivity index (χ1n) is 26.3. The largest absolute Gasteiger partial charge is 0.394 e. The molecule has 0 spiro atoms. The first kappa shape index (κ1) is 61.1. The van der Waals surface area contributed by atoms with E-state index in [0.29, 0.717) is 12.8 Å². The van der Waals surface area contributed by atoms with Crippen LogP contribution in [0.5, 0.6) is 0 Å². The fourth-order valence-corrected chi connectivity index (χ4v) is 9.25. The summed E-state index contributed by atoms with van der Waals surface area (Å²) in [6.07, 6.45) is 0.952. The Balaban J connectivity index is 1.52. The molecule has 17 unspecified atom stereocenters. The molecule has 17 atom stereocenters. The van der Waals surface area contributed by atoms with Crippen LogP contribution in [-0.4, -0.2) is 193 Å². The van der Waals surface area contributed by atoms with Gasteiger partial charge in [0.25, 0.3) is 0 Å². The number of aliphatic hydroxyl groups is 11. The smallest absolute Gasteiger partial charge is 0.220 e. The predicted molar refractivity (Wildman–Crippen MR) is 250 cm³/mol. The molecule has 3 fully saturated rings. The van der Waals surface area contributed by atoms with Gasteiger partial charge in [-0.2, -0.15) is 0 Å². The van der Waals surface area contributed by atoms with Crippen LogP contribution in [0.1, 0.15) is 174 Å². The van der Waals surface area contributed by atoms with Gasteiger partial charge in [-0.25, -0.2) is 0 Å². The van der Waals surface area contributed by atoms with Gasteiger partial charge in [-0.05, 0) is 12.8 Å².